The molecule has 0 atom stereocenters. The van der Waals surface area contributed by atoms with Crippen molar-refractivity contribution in [1.29, 1.82) is 0 Å². The summed E-state index contributed by atoms with van der Waals surface area (Å²) in [6, 6.07) is 6.87. The van der Waals surface area contributed by atoms with Gasteiger partial charge in [0.05, 0.1) is 5.69 Å². The van der Waals surface area contributed by atoms with Crippen LogP contribution in [0.25, 0.3) is 0 Å². The van der Waals surface area contributed by atoms with E-state index >= 15 is 0 Å². The molecular formula is C12H13ClN4O2. The number of rotatable bonds is 3. The molecule has 0 saturated carbocycles. The number of nitrogens with two attached hydrogens (primary N) is 1. The molecular weight excluding hydrogens is 268 g/mol. The van der Waals surface area contributed by atoms with Gasteiger partial charge in [0.2, 0.25) is 5.88 Å². The van der Waals surface area contributed by atoms with Gasteiger partial charge in [-0.15, -0.1) is 0 Å². The largest absolute Gasteiger partial charge is 0.439 e. The lowest BCUT2D eigenvalue weighted by molar-refractivity contribution is 0.318. The summed E-state index contributed by atoms with van der Waals surface area (Å²) in [4.78, 5) is 0. The number of halogens is 1. The first kappa shape index (κ1) is 13.2. The average molecular weight is 281 g/mol. The Morgan fingerprint density at radius 1 is 1.42 bits per heavy atom. The second-order valence-electron chi connectivity index (χ2n) is 3.93. The predicted molar refractivity (Wildman–Crippen MR) is 72.0 cm³/mol. The maximum absolute atomic E-state index is 8.80. The third kappa shape index (κ3) is 2.63. The van der Waals surface area contributed by atoms with Crippen LogP contribution in [0.4, 0.5) is 0 Å². The van der Waals surface area contributed by atoms with E-state index in [1.165, 1.54) is 4.68 Å². The van der Waals surface area contributed by atoms with E-state index in [2.05, 4.69) is 10.3 Å². The van der Waals surface area contributed by atoms with E-state index in [9.17, 15) is 0 Å². The summed E-state index contributed by atoms with van der Waals surface area (Å²) in [5, 5.41) is 16.6. The van der Waals surface area contributed by atoms with Crippen molar-refractivity contribution in [2.24, 2.45) is 17.9 Å². The van der Waals surface area contributed by atoms with Crippen LogP contribution in [0.2, 0.25) is 5.02 Å². The van der Waals surface area contributed by atoms with Crippen molar-refractivity contribution < 1.29 is 9.94 Å². The zero-order chi connectivity index (χ0) is 14.0. The normalized spacial score (nSPS) is 11.6. The van der Waals surface area contributed by atoms with Gasteiger partial charge in [-0.1, -0.05) is 16.8 Å². The third-order valence-corrected chi connectivity index (χ3v) is 2.81. The van der Waals surface area contributed by atoms with E-state index in [4.69, 9.17) is 27.3 Å². The molecule has 1 aromatic carbocycles. The number of nitrogens with zero attached hydrogens (tertiary/aromatic N) is 3. The molecule has 0 spiro atoms. The van der Waals surface area contributed by atoms with Crippen molar-refractivity contribution in [1.82, 2.24) is 9.78 Å². The molecule has 0 fully saturated rings. The molecule has 2 rings (SSSR count). The van der Waals surface area contributed by atoms with Crippen molar-refractivity contribution in [2.45, 2.75) is 6.92 Å². The highest BCUT2D eigenvalue weighted by molar-refractivity contribution is 6.30. The van der Waals surface area contributed by atoms with Crippen LogP contribution in [0, 0.1) is 6.92 Å². The van der Waals surface area contributed by atoms with Gasteiger partial charge in [0, 0.05) is 12.1 Å². The van der Waals surface area contributed by atoms with Crippen LogP contribution >= 0.6 is 11.6 Å². The summed E-state index contributed by atoms with van der Waals surface area (Å²) in [5.74, 6) is 0.934. The van der Waals surface area contributed by atoms with Gasteiger partial charge in [0.15, 0.2) is 5.84 Å². The van der Waals surface area contributed by atoms with Crippen LogP contribution < -0.4 is 10.5 Å². The number of oxime groups is 1. The first-order valence-electron chi connectivity index (χ1n) is 5.48. The van der Waals surface area contributed by atoms with Gasteiger partial charge in [-0.05, 0) is 31.2 Å². The van der Waals surface area contributed by atoms with E-state index in [0.717, 1.165) is 0 Å². The lowest BCUT2D eigenvalue weighted by Gasteiger charge is -2.08. The molecule has 3 N–H and O–H groups in total. The number of hydrogen-bond acceptors (Lipinski definition) is 4. The van der Waals surface area contributed by atoms with Crippen LogP contribution in [0.1, 0.15) is 11.3 Å². The van der Waals surface area contributed by atoms with Gasteiger partial charge < -0.3 is 15.7 Å². The predicted octanol–water partition coefficient (Wildman–Crippen LogP) is 2.27. The number of benzene rings is 1. The molecule has 0 radical (unpaired) electrons. The summed E-state index contributed by atoms with van der Waals surface area (Å²) in [5.41, 5.74) is 6.70. The zero-order valence-electron chi connectivity index (χ0n) is 10.5. The molecule has 2 aromatic rings. The van der Waals surface area contributed by atoms with Gasteiger partial charge >= 0.3 is 0 Å². The SMILES string of the molecule is Cc1nn(C)c(Oc2ccc(Cl)cc2)c1C(N)=NO. The fraction of sp³-hybridized carbons (Fsp3) is 0.167. The van der Waals surface area contributed by atoms with Crippen molar-refractivity contribution in [2.75, 3.05) is 0 Å². The first-order chi connectivity index (χ1) is 9.02. The van der Waals surface area contributed by atoms with Crippen LogP contribution in [0.3, 0.4) is 0 Å². The summed E-state index contributed by atoms with van der Waals surface area (Å²) in [7, 11) is 1.71. The molecule has 0 amide bonds. The van der Waals surface area contributed by atoms with Gasteiger partial charge in [-0.2, -0.15) is 5.10 Å². The minimum absolute atomic E-state index is 0.0467. The third-order valence-electron chi connectivity index (χ3n) is 2.56. The second kappa shape index (κ2) is 5.19. The Balaban J connectivity index is 2.42. The molecule has 0 aliphatic rings. The molecule has 100 valence electrons. The number of aryl methyl sites for hydroxylation is 2. The minimum atomic E-state index is -0.0467. The standard InChI is InChI=1S/C12H13ClN4O2/c1-7-10(11(14)16-18)12(17(2)15-7)19-9-5-3-8(13)4-6-9/h3-6,18H,1-2H3,(H2,14,16). The van der Waals surface area contributed by atoms with Crippen LogP contribution in [0.5, 0.6) is 11.6 Å². The highest BCUT2D eigenvalue weighted by Crippen LogP contribution is 2.27. The van der Waals surface area contributed by atoms with Gasteiger partial charge in [-0.3, -0.25) is 0 Å². The van der Waals surface area contributed by atoms with E-state index in [1.54, 1.807) is 38.2 Å². The van der Waals surface area contributed by atoms with Crippen molar-refractivity contribution >= 4 is 17.4 Å². The summed E-state index contributed by atoms with van der Waals surface area (Å²) in [6.45, 7) is 1.75. The average Bonchev–Trinajstić information content (AvgIpc) is 2.66. The molecule has 1 aromatic heterocycles. The quantitative estimate of drug-likeness (QED) is 0.391. The Hall–Kier alpha value is -2.21. The maximum Gasteiger partial charge on any atom is 0.229 e. The Kier molecular flexibility index (Phi) is 3.62. The minimum Gasteiger partial charge on any atom is -0.439 e. The van der Waals surface area contributed by atoms with E-state index in [0.29, 0.717) is 27.9 Å². The van der Waals surface area contributed by atoms with E-state index in [-0.39, 0.29) is 5.84 Å². The maximum atomic E-state index is 8.80. The number of aromatic nitrogens is 2. The molecule has 0 bridgehead atoms. The zero-order valence-corrected chi connectivity index (χ0v) is 11.2. The monoisotopic (exact) mass is 280 g/mol. The summed E-state index contributed by atoms with van der Waals surface area (Å²) >= 11 is 5.81. The van der Waals surface area contributed by atoms with Crippen molar-refractivity contribution in [3.8, 4) is 11.6 Å². The van der Waals surface area contributed by atoms with E-state index in [1.807, 2.05) is 0 Å². The molecule has 1 heterocycles. The van der Waals surface area contributed by atoms with Crippen LogP contribution in [-0.4, -0.2) is 20.8 Å². The lowest BCUT2D eigenvalue weighted by Crippen LogP contribution is -2.14. The molecule has 19 heavy (non-hydrogen) atoms. The summed E-state index contributed by atoms with van der Waals surface area (Å²) in [6.07, 6.45) is 0. The first-order valence-corrected chi connectivity index (χ1v) is 5.85. The number of hydrogen-bond donors (Lipinski definition) is 2. The Labute approximate surface area is 115 Å². The highest BCUT2D eigenvalue weighted by Gasteiger charge is 2.19. The molecule has 7 heteroatoms. The smallest absolute Gasteiger partial charge is 0.229 e. The number of ether oxygens (including phenoxy) is 1. The van der Waals surface area contributed by atoms with Crippen molar-refractivity contribution in [3.63, 3.8) is 0 Å². The fourth-order valence-corrected chi connectivity index (χ4v) is 1.84. The molecule has 6 nitrogen and oxygen atoms in total. The molecule has 0 aliphatic heterocycles. The Bertz CT molecular complexity index is 619. The van der Waals surface area contributed by atoms with Gasteiger partial charge in [0.25, 0.3) is 0 Å². The van der Waals surface area contributed by atoms with Gasteiger partial charge in [-0.25, -0.2) is 4.68 Å². The van der Waals surface area contributed by atoms with E-state index < -0.39 is 0 Å². The molecule has 0 aliphatic carbocycles. The summed E-state index contributed by atoms with van der Waals surface area (Å²) < 4.78 is 7.23. The van der Waals surface area contributed by atoms with Crippen LogP contribution in [-0.2, 0) is 7.05 Å². The molecule has 0 unspecified atom stereocenters. The Morgan fingerprint density at radius 3 is 2.63 bits per heavy atom. The highest BCUT2D eigenvalue weighted by atomic mass is 35.5. The second-order valence-corrected chi connectivity index (χ2v) is 4.37. The lowest BCUT2D eigenvalue weighted by atomic mass is 10.2. The Morgan fingerprint density at radius 2 is 2.05 bits per heavy atom. The molecule has 0 saturated heterocycles. The van der Waals surface area contributed by atoms with Gasteiger partial charge in [0.1, 0.15) is 11.3 Å². The van der Waals surface area contributed by atoms with Crippen molar-refractivity contribution in [3.05, 3.63) is 40.5 Å². The fourth-order valence-electron chi connectivity index (χ4n) is 1.71. The number of amidine groups is 1. The topological polar surface area (TPSA) is 85.7 Å². The van der Waals surface area contributed by atoms with Crippen LogP contribution in [0.15, 0.2) is 29.4 Å².